The molecule has 0 spiro atoms. The summed E-state index contributed by atoms with van der Waals surface area (Å²) < 4.78 is 0. The van der Waals surface area contributed by atoms with Gasteiger partial charge in [-0.05, 0) is 48.2 Å². The number of benzene rings is 2. The normalized spacial score (nSPS) is 14.6. The minimum atomic E-state index is 0.961. The smallest absolute Gasteiger partial charge is 0.0366 e. The van der Waals surface area contributed by atoms with E-state index in [1.807, 2.05) is 0 Å². The van der Waals surface area contributed by atoms with Crippen molar-refractivity contribution in [3.05, 3.63) is 65.2 Å². The molecule has 1 heterocycles. The SMILES string of the molecule is CCNCc1ccc(N2CCc3ccccc3CC2)cc1. The topological polar surface area (TPSA) is 15.3 Å². The molecule has 0 bridgehead atoms. The van der Waals surface area contributed by atoms with Crippen LogP contribution in [-0.4, -0.2) is 19.6 Å². The zero-order chi connectivity index (χ0) is 14.5. The predicted molar refractivity (Wildman–Crippen MR) is 89.9 cm³/mol. The summed E-state index contributed by atoms with van der Waals surface area (Å²) >= 11 is 0. The van der Waals surface area contributed by atoms with Gasteiger partial charge in [0.1, 0.15) is 0 Å². The lowest BCUT2D eigenvalue weighted by atomic mass is 10.0. The van der Waals surface area contributed by atoms with Crippen LogP contribution in [0.25, 0.3) is 0 Å². The van der Waals surface area contributed by atoms with E-state index in [9.17, 15) is 0 Å². The van der Waals surface area contributed by atoms with Crippen LogP contribution in [-0.2, 0) is 19.4 Å². The standard InChI is InChI=1S/C19H24N2/c1-2-20-15-16-7-9-19(10-8-16)21-13-11-17-5-3-4-6-18(17)12-14-21/h3-10,20H,2,11-15H2,1H3. The summed E-state index contributed by atoms with van der Waals surface area (Å²) in [5.74, 6) is 0. The molecule has 0 atom stereocenters. The number of anilines is 1. The van der Waals surface area contributed by atoms with Gasteiger partial charge in [-0.3, -0.25) is 0 Å². The van der Waals surface area contributed by atoms with E-state index in [4.69, 9.17) is 0 Å². The largest absolute Gasteiger partial charge is 0.371 e. The molecular weight excluding hydrogens is 256 g/mol. The molecule has 110 valence electrons. The maximum absolute atomic E-state index is 3.37. The molecule has 0 radical (unpaired) electrons. The van der Waals surface area contributed by atoms with Crippen LogP contribution in [0.1, 0.15) is 23.6 Å². The Labute approximate surface area is 127 Å². The first kappa shape index (κ1) is 14.2. The van der Waals surface area contributed by atoms with Crippen molar-refractivity contribution in [3.63, 3.8) is 0 Å². The van der Waals surface area contributed by atoms with Crippen LogP contribution in [0, 0.1) is 0 Å². The highest BCUT2D eigenvalue weighted by atomic mass is 15.1. The second-order valence-electron chi connectivity index (χ2n) is 5.70. The summed E-state index contributed by atoms with van der Waals surface area (Å²) in [7, 11) is 0. The van der Waals surface area contributed by atoms with Crippen molar-refractivity contribution in [1.82, 2.24) is 5.32 Å². The molecule has 2 aromatic carbocycles. The average molecular weight is 280 g/mol. The second kappa shape index (κ2) is 6.77. The maximum Gasteiger partial charge on any atom is 0.0366 e. The van der Waals surface area contributed by atoms with Crippen LogP contribution in [0.15, 0.2) is 48.5 Å². The summed E-state index contributed by atoms with van der Waals surface area (Å²) in [6.07, 6.45) is 2.30. The molecule has 21 heavy (non-hydrogen) atoms. The van der Waals surface area contributed by atoms with Crippen LogP contribution in [0.4, 0.5) is 5.69 Å². The maximum atomic E-state index is 3.37. The van der Waals surface area contributed by atoms with Crippen molar-refractivity contribution >= 4 is 5.69 Å². The predicted octanol–water partition coefficient (Wildman–Crippen LogP) is 3.40. The fraction of sp³-hybridized carbons (Fsp3) is 0.368. The third-order valence-corrected chi connectivity index (χ3v) is 4.30. The molecule has 0 aromatic heterocycles. The van der Waals surface area contributed by atoms with Gasteiger partial charge < -0.3 is 10.2 Å². The van der Waals surface area contributed by atoms with E-state index in [1.165, 1.54) is 22.4 Å². The van der Waals surface area contributed by atoms with Crippen molar-refractivity contribution in [2.24, 2.45) is 0 Å². The molecular formula is C19H24N2. The Kier molecular flexibility index (Phi) is 4.56. The number of nitrogens with one attached hydrogen (secondary N) is 1. The Morgan fingerprint density at radius 3 is 2.10 bits per heavy atom. The highest BCUT2D eigenvalue weighted by molar-refractivity contribution is 5.49. The fourth-order valence-corrected chi connectivity index (χ4v) is 3.02. The van der Waals surface area contributed by atoms with Crippen molar-refractivity contribution in [2.75, 3.05) is 24.5 Å². The van der Waals surface area contributed by atoms with Gasteiger partial charge in [-0.25, -0.2) is 0 Å². The summed E-state index contributed by atoms with van der Waals surface area (Å²) in [6.45, 7) is 6.35. The molecule has 0 fully saturated rings. The number of fused-ring (bicyclic) bond motifs is 1. The van der Waals surface area contributed by atoms with Crippen LogP contribution >= 0.6 is 0 Å². The lowest BCUT2D eigenvalue weighted by Gasteiger charge is -2.23. The van der Waals surface area contributed by atoms with Gasteiger partial charge in [0.15, 0.2) is 0 Å². The van der Waals surface area contributed by atoms with Gasteiger partial charge >= 0.3 is 0 Å². The van der Waals surface area contributed by atoms with Crippen LogP contribution in [0.2, 0.25) is 0 Å². The molecule has 1 aliphatic heterocycles. The molecule has 0 saturated carbocycles. The molecule has 3 rings (SSSR count). The molecule has 0 aliphatic carbocycles. The van der Waals surface area contributed by atoms with Gasteiger partial charge in [0.05, 0.1) is 0 Å². The Bertz CT molecular complexity index is 547. The Morgan fingerprint density at radius 2 is 1.52 bits per heavy atom. The van der Waals surface area contributed by atoms with Gasteiger partial charge in [-0.15, -0.1) is 0 Å². The first-order chi connectivity index (χ1) is 10.4. The lowest BCUT2D eigenvalue weighted by Crippen LogP contribution is -2.25. The third kappa shape index (κ3) is 3.45. The van der Waals surface area contributed by atoms with Gasteiger partial charge in [0.25, 0.3) is 0 Å². The second-order valence-corrected chi connectivity index (χ2v) is 5.70. The molecule has 0 amide bonds. The first-order valence-corrected chi connectivity index (χ1v) is 7.98. The Morgan fingerprint density at radius 1 is 0.905 bits per heavy atom. The van der Waals surface area contributed by atoms with Crippen molar-refractivity contribution in [1.29, 1.82) is 0 Å². The molecule has 1 N–H and O–H groups in total. The molecule has 0 saturated heterocycles. The number of hydrogen-bond acceptors (Lipinski definition) is 2. The van der Waals surface area contributed by atoms with E-state index < -0.39 is 0 Å². The number of hydrogen-bond donors (Lipinski definition) is 1. The lowest BCUT2D eigenvalue weighted by molar-refractivity contribution is 0.726. The van der Waals surface area contributed by atoms with E-state index >= 15 is 0 Å². The summed E-state index contributed by atoms with van der Waals surface area (Å²) in [5, 5.41) is 3.37. The molecule has 2 heteroatoms. The highest BCUT2D eigenvalue weighted by Crippen LogP contribution is 2.21. The summed E-state index contributed by atoms with van der Waals surface area (Å²) in [4.78, 5) is 2.51. The summed E-state index contributed by atoms with van der Waals surface area (Å²) in [6, 6.07) is 17.9. The zero-order valence-corrected chi connectivity index (χ0v) is 12.8. The van der Waals surface area contributed by atoms with Crippen molar-refractivity contribution < 1.29 is 0 Å². The van der Waals surface area contributed by atoms with Gasteiger partial charge in [-0.2, -0.15) is 0 Å². The summed E-state index contributed by atoms with van der Waals surface area (Å²) in [5.41, 5.74) is 5.74. The zero-order valence-electron chi connectivity index (χ0n) is 12.8. The van der Waals surface area contributed by atoms with E-state index in [0.29, 0.717) is 0 Å². The van der Waals surface area contributed by atoms with Gasteiger partial charge in [-0.1, -0.05) is 43.3 Å². The Hall–Kier alpha value is -1.80. The highest BCUT2D eigenvalue weighted by Gasteiger charge is 2.13. The van der Waals surface area contributed by atoms with Gasteiger partial charge in [0, 0.05) is 25.3 Å². The minimum Gasteiger partial charge on any atom is -0.371 e. The van der Waals surface area contributed by atoms with Crippen LogP contribution < -0.4 is 10.2 Å². The van der Waals surface area contributed by atoms with E-state index in [-0.39, 0.29) is 0 Å². The van der Waals surface area contributed by atoms with Gasteiger partial charge in [0.2, 0.25) is 0 Å². The molecule has 1 aliphatic rings. The molecule has 0 unspecified atom stereocenters. The van der Waals surface area contributed by atoms with Crippen LogP contribution in [0.3, 0.4) is 0 Å². The van der Waals surface area contributed by atoms with E-state index in [0.717, 1.165) is 39.0 Å². The van der Waals surface area contributed by atoms with Crippen molar-refractivity contribution in [3.8, 4) is 0 Å². The Balaban J connectivity index is 1.68. The van der Waals surface area contributed by atoms with E-state index in [1.54, 1.807) is 0 Å². The number of rotatable bonds is 4. The number of nitrogens with zero attached hydrogens (tertiary/aromatic N) is 1. The first-order valence-electron chi connectivity index (χ1n) is 7.98. The third-order valence-electron chi connectivity index (χ3n) is 4.30. The van der Waals surface area contributed by atoms with E-state index in [2.05, 4.69) is 65.7 Å². The molecule has 2 nitrogen and oxygen atoms in total. The average Bonchev–Trinajstić information content (AvgIpc) is 2.76. The van der Waals surface area contributed by atoms with Crippen LogP contribution in [0.5, 0.6) is 0 Å². The quantitative estimate of drug-likeness (QED) is 0.923. The minimum absolute atomic E-state index is 0.961. The van der Waals surface area contributed by atoms with Crippen molar-refractivity contribution in [2.45, 2.75) is 26.3 Å². The molecule has 2 aromatic rings. The fourth-order valence-electron chi connectivity index (χ4n) is 3.02. The monoisotopic (exact) mass is 280 g/mol.